The predicted molar refractivity (Wildman–Crippen MR) is 62.5 cm³/mol. The molecule has 0 heterocycles. The first kappa shape index (κ1) is 14.4. The number of hydrogen-bond acceptors (Lipinski definition) is 2. The number of nitrogens with one attached hydrogen (secondary N) is 1. The van der Waals surface area contributed by atoms with Gasteiger partial charge >= 0.3 is 0 Å². The number of rotatable bonds is 6. The van der Waals surface area contributed by atoms with Gasteiger partial charge in [-0.25, -0.2) is 0 Å². The lowest BCUT2D eigenvalue weighted by atomic mass is 9.86. The van der Waals surface area contributed by atoms with Gasteiger partial charge in [0.1, 0.15) is 0 Å². The highest BCUT2D eigenvalue weighted by Crippen LogP contribution is 2.22. The van der Waals surface area contributed by atoms with Crippen LogP contribution in [0.2, 0.25) is 0 Å². The summed E-state index contributed by atoms with van der Waals surface area (Å²) in [5.41, 5.74) is -0.336. The third-order valence-corrected chi connectivity index (χ3v) is 2.81. The molecule has 2 N–H and O–H groups in total. The lowest BCUT2D eigenvalue weighted by Gasteiger charge is -2.28. The van der Waals surface area contributed by atoms with Crippen LogP contribution >= 0.6 is 0 Å². The van der Waals surface area contributed by atoms with Gasteiger partial charge in [0, 0.05) is 5.41 Å². The van der Waals surface area contributed by atoms with Crippen LogP contribution in [-0.4, -0.2) is 23.7 Å². The Morgan fingerprint density at radius 2 is 1.93 bits per heavy atom. The molecule has 0 aliphatic rings. The van der Waals surface area contributed by atoms with E-state index >= 15 is 0 Å². The minimum absolute atomic E-state index is 0.00557. The van der Waals surface area contributed by atoms with E-state index in [2.05, 4.69) is 12.2 Å². The molecule has 0 saturated carbocycles. The van der Waals surface area contributed by atoms with Crippen LogP contribution in [0.1, 0.15) is 47.5 Å². The van der Waals surface area contributed by atoms with Crippen LogP contribution in [0.3, 0.4) is 0 Å². The maximum Gasteiger partial charge on any atom is 0.225 e. The molecule has 1 atom stereocenters. The fourth-order valence-corrected chi connectivity index (χ4v) is 1.53. The van der Waals surface area contributed by atoms with Crippen molar-refractivity contribution in [1.29, 1.82) is 0 Å². The Kier molecular flexibility index (Phi) is 5.88. The van der Waals surface area contributed by atoms with Gasteiger partial charge in [0.05, 0.1) is 12.6 Å². The van der Waals surface area contributed by atoms with E-state index in [9.17, 15) is 4.79 Å². The fraction of sp³-hybridized carbons (Fsp3) is 0.917. The van der Waals surface area contributed by atoms with Crippen LogP contribution in [0.15, 0.2) is 0 Å². The van der Waals surface area contributed by atoms with Crippen LogP contribution < -0.4 is 5.32 Å². The number of aliphatic hydroxyl groups is 1. The summed E-state index contributed by atoms with van der Waals surface area (Å²) in [5, 5.41) is 12.0. The standard InChI is InChI=1S/C12H25NO2/c1-6-7-12(4,5)11(15)13-10(8-14)9(2)3/h9-10,14H,6-8H2,1-5H3,(H,13,15). The molecule has 0 bridgehead atoms. The number of carbonyl (C=O) groups is 1. The van der Waals surface area contributed by atoms with Crippen LogP contribution in [0.25, 0.3) is 0 Å². The predicted octanol–water partition coefficient (Wildman–Crippen LogP) is 1.95. The van der Waals surface area contributed by atoms with Crippen LogP contribution in [-0.2, 0) is 4.79 Å². The average molecular weight is 215 g/mol. The molecule has 0 spiro atoms. The number of amides is 1. The minimum atomic E-state index is -0.336. The molecule has 0 saturated heterocycles. The van der Waals surface area contributed by atoms with Crippen molar-refractivity contribution in [3.63, 3.8) is 0 Å². The molecule has 1 amide bonds. The van der Waals surface area contributed by atoms with Crippen molar-refractivity contribution in [2.24, 2.45) is 11.3 Å². The fourth-order valence-electron chi connectivity index (χ4n) is 1.53. The summed E-state index contributed by atoms with van der Waals surface area (Å²) >= 11 is 0. The van der Waals surface area contributed by atoms with E-state index in [1.807, 2.05) is 27.7 Å². The summed E-state index contributed by atoms with van der Waals surface area (Å²) in [6.45, 7) is 9.95. The first-order valence-corrected chi connectivity index (χ1v) is 5.77. The van der Waals surface area contributed by atoms with Gasteiger partial charge in [-0.05, 0) is 12.3 Å². The molecule has 90 valence electrons. The Bertz CT molecular complexity index is 200. The molecule has 3 heteroatoms. The van der Waals surface area contributed by atoms with Gasteiger partial charge in [0.2, 0.25) is 5.91 Å². The zero-order chi connectivity index (χ0) is 12.1. The van der Waals surface area contributed by atoms with Gasteiger partial charge in [-0.3, -0.25) is 4.79 Å². The third kappa shape index (κ3) is 4.65. The Labute approximate surface area is 93.3 Å². The summed E-state index contributed by atoms with van der Waals surface area (Å²) in [6.07, 6.45) is 1.86. The second kappa shape index (κ2) is 6.11. The van der Waals surface area contributed by atoms with Crippen molar-refractivity contribution in [2.75, 3.05) is 6.61 Å². The van der Waals surface area contributed by atoms with Crippen molar-refractivity contribution < 1.29 is 9.90 Å². The number of hydrogen-bond donors (Lipinski definition) is 2. The summed E-state index contributed by atoms with van der Waals surface area (Å²) in [6, 6.07) is -0.131. The van der Waals surface area contributed by atoms with E-state index in [-0.39, 0.29) is 29.9 Å². The Balaban J connectivity index is 4.33. The van der Waals surface area contributed by atoms with Crippen LogP contribution in [0, 0.1) is 11.3 Å². The monoisotopic (exact) mass is 215 g/mol. The SMILES string of the molecule is CCCC(C)(C)C(=O)NC(CO)C(C)C. The first-order valence-electron chi connectivity index (χ1n) is 5.77. The molecular formula is C12H25NO2. The first-order chi connectivity index (χ1) is 6.85. The van der Waals surface area contributed by atoms with Gasteiger partial charge in [-0.15, -0.1) is 0 Å². The van der Waals surface area contributed by atoms with Crippen molar-refractivity contribution in [1.82, 2.24) is 5.32 Å². The van der Waals surface area contributed by atoms with Gasteiger partial charge < -0.3 is 10.4 Å². The minimum Gasteiger partial charge on any atom is -0.394 e. The van der Waals surface area contributed by atoms with Gasteiger partial charge in [0.25, 0.3) is 0 Å². The molecule has 0 aliphatic heterocycles. The zero-order valence-electron chi connectivity index (χ0n) is 10.6. The summed E-state index contributed by atoms with van der Waals surface area (Å²) < 4.78 is 0. The van der Waals surface area contributed by atoms with E-state index < -0.39 is 0 Å². The maximum absolute atomic E-state index is 11.9. The van der Waals surface area contributed by atoms with E-state index in [1.54, 1.807) is 0 Å². The van der Waals surface area contributed by atoms with E-state index in [0.29, 0.717) is 0 Å². The van der Waals surface area contributed by atoms with Crippen LogP contribution in [0.4, 0.5) is 0 Å². The van der Waals surface area contributed by atoms with Crippen molar-refractivity contribution >= 4 is 5.91 Å². The average Bonchev–Trinajstić information content (AvgIpc) is 2.12. The molecule has 0 rings (SSSR count). The highest BCUT2D eigenvalue weighted by molar-refractivity contribution is 5.82. The van der Waals surface area contributed by atoms with E-state index in [0.717, 1.165) is 12.8 Å². The molecule has 0 aromatic heterocycles. The number of carbonyl (C=O) groups excluding carboxylic acids is 1. The highest BCUT2D eigenvalue weighted by Gasteiger charge is 2.28. The molecule has 15 heavy (non-hydrogen) atoms. The van der Waals surface area contributed by atoms with Gasteiger partial charge in [-0.2, -0.15) is 0 Å². The second-order valence-electron chi connectivity index (χ2n) is 5.14. The molecule has 1 unspecified atom stereocenters. The van der Waals surface area contributed by atoms with Crippen molar-refractivity contribution in [3.8, 4) is 0 Å². The molecule has 0 fully saturated rings. The van der Waals surface area contributed by atoms with Gasteiger partial charge in [-0.1, -0.05) is 41.0 Å². The Hall–Kier alpha value is -0.570. The Morgan fingerprint density at radius 1 is 1.40 bits per heavy atom. The molecular weight excluding hydrogens is 190 g/mol. The lowest BCUT2D eigenvalue weighted by molar-refractivity contribution is -0.131. The second-order valence-corrected chi connectivity index (χ2v) is 5.14. The summed E-state index contributed by atoms with van der Waals surface area (Å²) in [7, 11) is 0. The molecule has 0 aromatic carbocycles. The quantitative estimate of drug-likeness (QED) is 0.711. The topological polar surface area (TPSA) is 49.3 Å². The van der Waals surface area contributed by atoms with Gasteiger partial charge in [0.15, 0.2) is 0 Å². The number of aliphatic hydroxyl groups excluding tert-OH is 1. The van der Waals surface area contributed by atoms with Crippen molar-refractivity contribution in [3.05, 3.63) is 0 Å². The molecule has 0 aromatic rings. The largest absolute Gasteiger partial charge is 0.394 e. The highest BCUT2D eigenvalue weighted by atomic mass is 16.3. The molecule has 0 aliphatic carbocycles. The lowest BCUT2D eigenvalue weighted by Crippen LogP contribution is -2.46. The van der Waals surface area contributed by atoms with E-state index in [1.165, 1.54) is 0 Å². The zero-order valence-corrected chi connectivity index (χ0v) is 10.6. The molecule has 0 radical (unpaired) electrons. The van der Waals surface area contributed by atoms with Crippen molar-refractivity contribution in [2.45, 2.75) is 53.5 Å². The van der Waals surface area contributed by atoms with E-state index in [4.69, 9.17) is 5.11 Å². The molecule has 3 nitrogen and oxygen atoms in total. The third-order valence-electron chi connectivity index (χ3n) is 2.81. The summed E-state index contributed by atoms with van der Waals surface area (Å²) in [4.78, 5) is 11.9. The summed E-state index contributed by atoms with van der Waals surface area (Å²) in [5.74, 6) is 0.300. The Morgan fingerprint density at radius 3 is 2.27 bits per heavy atom. The van der Waals surface area contributed by atoms with Crippen LogP contribution in [0.5, 0.6) is 0 Å². The smallest absolute Gasteiger partial charge is 0.225 e. The maximum atomic E-state index is 11.9. The normalized spacial score (nSPS) is 14.1.